The maximum Gasteiger partial charge on any atom is 0.232 e. The number of likely N-dealkylation sites (tertiary alicyclic amines) is 1. The van der Waals surface area contributed by atoms with Gasteiger partial charge in [0.05, 0.1) is 19.1 Å². The fourth-order valence-electron chi connectivity index (χ4n) is 2.57. The summed E-state index contributed by atoms with van der Waals surface area (Å²) in [5.74, 6) is 0.589. The first-order chi connectivity index (χ1) is 10.4. The zero-order chi connectivity index (χ0) is 16.2. The number of methoxy groups -OCH3 is 1. The van der Waals surface area contributed by atoms with E-state index in [0.717, 1.165) is 32.2 Å². The van der Waals surface area contributed by atoms with E-state index in [1.54, 1.807) is 29.2 Å². The molecular weight excluding hydrogens is 304 g/mol. The van der Waals surface area contributed by atoms with Gasteiger partial charge in [0, 0.05) is 32.1 Å². The van der Waals surface area contributed by atoms with E-state index in [2.05, 4.69) is 0 Å². The first kappa shape index (κ1) is 16.6. The number of anilines is 1. The van der Waals surface area contributed by atoms with Crippen molar-refractivity contribution in [2.45, 2.75) is 19.3 Å². The molecule has 0 radical (unpaired) electrons. The third kappa shape index (κ3) is 4.13. The van der Waals surface area contributed by atoms with Crippen LogP contribution in [-0.4, -0.2) is 52.2 Å². The second-order valence-corrected chi connectivity index (χ2v) is 7.28. The Balaban J connectivity index is 2.11. The van der Waals surface area contributed by atoms with Gasteiger partial charge in [-0.25, -0.2) is 8.42 Å². The average molecular weight is 326 g/mol. The number of rotatable bonds is 6. The van der Waals surface area contributed by atoms with Crippen LogP contribution in [-0.2, 0) is 14.8 Å². The highest BCUT2D eigenvalue weighted by atomic mass is 32.2. The van der Waals surface area contributed by atoms with E-state index in [4.69, 9.17) is 4.74 Å². The van der Waals surface area contributed by atoms with E-state index >= 15 is 0 Å². The molecule has 1 saturated heterocycles. The van der Waals surface area contributed by atoms with Crippen LogP contribution in [0.25, 0.3) is 0 Å². The van der Waals surface area contributed by atoms with Crippen LogP contribution in [0.5, 0.6) is 5.75 Å². The van der Waals surface area contributed by atoms with Crippen LogP contribution in [0.2, 0.25) is 0 Å². The highest BCUT2D eigenvalue weighted by molar-refractivity contribution is 7.92. The van der Waals surface area contributed by atoms with Crippen molar-refractivity contribution in [3.8, 4) is 5.75 Å². The number of carbonyl (C=O) groups is 1. The van der Waals surface area contributed by atoms with Crippen LogP contribution in [0.1, 0.15) is 19.3 Å². The van der Waals surface area contributed by atoms with Crippen LogP contribution in [0, 0.1) is 0 Å². The largest absolute Gasteiger partial charge is 0.497 e. The summed E-state index contributed by atoms with van der Waals surface area (Å²) in [7, 11) is -1.93. The summed E-state index contributed by atoms with van der Waals surface area (Å²) < 4.78 is 30.4. The molecule has 0 bridgehead atoms. The Morgan fingerprint density at radius 3 is 2.59 bits per heavy atom. The van der Waals surface area contributed by atoms with Crippen molar-refractivity contribution in [1.82, 2.24) is 4.90 Å². The number of sulfonamides is 1. The van der Waals surface area contributed by atoms with Crippen molar-refractivity contribution in [2.24, 2.45) is 0 Å². The molecule has 1 heterocycles. The predicted octanol–water partition coefficient (Wildman–Crippen LogP) is 1.47. The van der Waals surface area contributed by atoms with Crippen LogP contribution < -0.4 is 9.04 Å². The third-order valence-electron chi connectivity index (χ3n) is 3.73. The summed E-state index contributed by atoms with van der Waals surface area (Å²) in [5.41, 5.74) is 0.510. The van der Waals surface area contributed by atoms with Gasteiger partial charge in [0.2, 0.25) is 15.9 Å². The molecule has 1 amide bonds. The van der Waals surface area contributed by atoms with Gasteiger partial charge < -0.3 is 9.64 Å². The second kappa shape index (κ2) is 7.00. The molecule has 0 atom stereocenters. The molecule has 0 aromatic heterocycles. The van der Waals surface area contributed by atoms with Gasteiger partial charge in [-0.2, -0.15) is 0 Å². The highest BCUT2D eigenvalue weighted by Crippen LogP contribution is 2.23. The summed E-state index contributed by atoms with van der Waals surface area (Å²) in [6.45, 7) is 1.69. The van der Waals surface area contributed by atoms with Crippen molar-refractivity contribution in [3.63, 3.8) is 0 Å². The molecule has 1 fully saturated rings. The zero-order valence-electron chi connectivity index (χ0n) is 13.0. The zero-order valence-corrected chi connectivity index (χ0v) is 13.8. The van der Waals surface area contributed by atoms with E-state index in [-0.39, 0.29) is 18.9 Å². The van der Waals surface area contributed by atoms with E-state index in [1.807, 2.05) is 0 Å². The van der Waals surface area contributed by atoms with Gasteiger partial charge in [0.25, 0.3) is 0 Å². The molecule has 1 aliphatic rings. The van der Waals surface area contributed by atoms with Gasteiger partial charge in [-0.1, -0.05) is 6.07 Å². The molecule has 122 valence electrons. The lowest BCUT2D eigenvalue weighted by molar-refractivity contribution is -0.129. The van der Waals surface area contributed by atoms with Crippen molar-refractivity contribution in [3.05, 3.63) is 24.3 Å². The van der Waals surface area contributed by atoms with Gasteiger partial charge in [0.15, 0.2) is 0 Å². The van der Waals surface area contributed by atoms with Crippen molar-refractivity contribution >= 4 is 21.6 Å². The third-order valence-corrected chi connectivity index (χ3v) is 4.92. The Bertz CT molecular complexity index is 624. The molecule has 1 aromatic rings. The quantitative estimate of drug-likeness (QED) is 0.794. The Morgan fingerprint density at radius 2 is 2.00 bits per heavy atom. The molecule has 1 aliphatic heterocycles. The molecule has 0 N–H and O–H groups in total. The summed E-state index contributed by atoms with van der Waals surface area (Å²) in [4.78, 5) is 13.9. The van der Waals surface area contributed by atoms with Crippen LogP contribution in [0.4, 0.5) is 5.69 Å². The lowest BCUT2D eigenvalue weighted by Crippen LogP contribution is -2.35. The number of ether oxygens (including phenoxy) is 1. The lowest BCUT2D eigenvalue weighted by atomic mass is 10.3. The summed E-state index contributed by atoms with van der Waals surface area (Å²) in [5, 5.41) is 0. The SMILES string of the molecule is COc1cccc(N(CCC(=O)N2CCCC2)S(C)(=O)=O)c1. The van der Waals surface area contributed by atoms with E-state index < -0.39 is 10.0 Å². The molecular formula is C15H22N2O4S. The van der Waals surface area contributed by atoms with E-state index in [1.165, 1.54) is 11.4 Å². The predicted molar refractivity (Wildman–Crippen MR) is 85.6 cm³/mol. The molecule has 0 saturated carbocycles. The molecule has 6 nitrogen and oxygen atoms in total. The standard InChI is InChI=1S/C15H22N2O4S/c1-21-14-7-5-6-13(12-14)17(22(2,19)20)11-8-15(18)16-9-3-4-10-16/h5-7,12H,3-4,8-11H2,1-2H3. The molecule has 0 unspecified atom stereocenters. The van der Waals surface area contributed by atoms with E-state index in [0.29, 0.717) is 11.4 Å². The van der Waals surface area contributed by atoms with Crippen LogP contribution >= 0.6 is 0 Å². The Labute approximate surface area is 131 Å². The van der Waals surface area contributed by atoms with Gasteiger partial charge in [0.1, 0.15) is 5.75 Å². The molecule has 7 heteroatoms. The maximum atomic E-state index is 12.1. The van der Waals surface area contributed by atoms with Crippen molar-refractivity contribution < 1.29 is 17.9 Å². The molecule has 0 aliphatic carbocycles. The smallest absolute Gasteiger partial charge is 0.232 e. The maximum absolute atomic E-state index is 12.1. The minimum Gasteiger partial charge on any atom is -0.497 e. The number of carbonyl (C=O) groups excluding carboxylic acids is 1. The van der Waals surface area contributed by atoms with Crippen molar-refractivity contribution in [2.75, 3.05) is 37.3 Å². The number of nitrogens with zero attached hydrogens (tertiary/aromatic N) is 2. The summed E-state index contributed by atoms with van der Waals surface area (Å²) in [6, 6.07) is 6.83. The van der Waals surface area contributed by atoms with Gasteiger partial charge >= 0.3 is 0 Å². The number of hydrogen-bond donors (Lipinski definition) is 0. The van der Waals surface area contributed by atoms with E-state index in [9.17, 15) is 13.2 Å². The van der Waals surface area contributed by atoms with Crippen LogP contribution in [0.15, 0.2) is 24.3 Å². The second-order valence-electron chi connectivity index (χ2n) is 5.37. The average Bonchev–Trinajstić information content (AvgIpc) is 3.00. The first-order valence-corrected chi connectivity index (χ1v) is 9.16. The van der Waals surface area contributed by atoms with Crippen LogP contribution in [0.3, 0.4) is 0 Å². The number of amides is 1. The minimum absolute atomic E-state index is 0.00838. The molecule has 0 spiro atoms. The van der Waals surface area contributed by atoms with Gasteiger partial charge in [-0.3, -0.25) is 9.10 Å². The monoisotopic (exact) mass is 326 g/mol. The number of hydrogen-bond acceptors (Lipinski definition) is 4. The Morgan fingerprint density at radius 1 is 1.32 bits per heavy atom. The Hall–Kier alpha value is -1.76. The highest BCUT2D eigenvalue weighted by Gasteiger charge is 2.22. The molecule has 1 aromatic carbocycles. The minimum atomic E-state index is -3.46. The normalized spacial score (nSPS) is 14.9. The number of benzene rings is 1. The fourth-order valence-corrected chi connectivity index (χ4v) is 3.49. The summed E-state index contributed by atoms with van der Waals surface area (Å²) in [6.07, 6.45) is 3.38. The molecule has 22 heavy (non-hydrogen) atoms. The van der Waals surface area contributed by atoms with Gasteiger partial charge in [-0.15, -0.1) is 0 Å². The first-order valence-electron chi connectivity index (χ1n) is 7.31. The van der Waals surface area contributed by atoms with Gasteiger partial charge in [-0.05, 0) is 25.0 Å². The van der Waals surface area contributed by atoms with Crippen molar-refractivity contribution in [1.29, 1.82) is 0 Å². The molecule has 2 rings (SSSR count). The lowest BCUT2D eigenvalue weighted by Gasteiger charge is -2.24. The fraction of sp³-hybridized carbons (Fsp3) is 0.533. The summed E-state index contributed by atoms with van der Waals surface area (Å²) >= 11 is 0. The Kier molecular flexibility index (Phi) is 5.28. The topological polar surface area (TPSA) is 66.9 Å².